The van der Waals surface area contributed by atoms with Gasteiger partial charge in [0.05, 0.1) is 20.8 Å². The zero-order valence-electron chi connectivity index (χ0n) is 10.6. The Morgan fingerprint density at radius 2 is 1.94 bits per heavy atom. The van der Waals surface area contributed by atoms with Crippen molar-refractivity contribution in [2.24, 2.45) is 0 Å². The SMILES string of the molecule is COC(=O)NC(=O)CN1CCCCC1C(=O)OC. The lowest BCUT2D eigenvalue weighted by molar-refractivity contribution is -0.148. The molecular formula is C11H18N2O5. The number of ether oxygens (including phenoxy) is 2. The third kappa shape index (κ3) is 3.99. The van der Waals surface area contributed by atoms with Crippen LogP contribution in [0.4, 0.5) is 4.79 Å². The fourth-order valence-corrected chi connectivity index (χ4v) is 1.97. The van der Waals surface area contributed by atoms with Gasteiger partial charge >= 0.3 is 12.1 Å². The molecule has 0 saturated carbocycles. The number of nitrogens with one attached hydrogen (secondary N) is 1. The lowest BCUT2D eigenvalue weighted by Crippen LogP contribution is -2.50. The van der Waals surface area contributed by atoms with E-state index in [0.717, 1.165) is 12.8 Å². The van der Waals surface area contributed by atoms with Gasteiger partial charge in [-0.1, -0.05) is 6.42 Å². The molecule has 1 N–H and O–H groups in total. The Morgan fingerprint density at radius 1 is 1.22 bits per heavy atom. The number of carbonyl (C=O) groups excluding carboxylic acids is 3. The predicted molar refractivity (Wildman–Crippen MR) is 61.8 cm³/mol. The van der Waals surface area contributed by atoms with E-state index in [9.17, 15) is 14.4 Å². The van der Waals surface area contributed by atoms with E-state index in [1.54, 1.807) is 4.90 Å². The molecule has 102 valence electrons. The van der Waals surface area contributed by atoms with Crippen molar-refractivity contribution in [1.82, 2.24) is 10.2 Å². The number of nitrogens with zero attached hydrogens (tertiary/aromatic N) is 1. The fourth-order valence-electron chi connectivity index (χ4n) is 1.97. The lowest BCUT2D eigenvalue weighted by Gasteiger charge is -2.32. The Bertz CT molecular complexity index is 331. The number of alkyl carbamates (subject to hydrolysis) is 1. The Kier molecular flexibility index (Phi) is 5.57. The molecule has 1 rings (SSSR count). The van der Waals surface area contributed by atoms with Crippen molar-refractivity contribution < 1.29 is 23.9 Å². The number of amides is 2. The molecule has 7 heteroatoms. The summed E-state index contributed by atoms with van der Waals surface area (Å²) in [6.45, 7) is 0.614. The third-order valence-corrected chi connectivity index (χ3v) is 2.86. The molecule has 0 aliphatic carbocycles. The summed E-state index contributed by atoms with van der Waals surface area (Å²) in [5.41, 5.74) is 0. The minimum atomic E-state index is -0.799. The molecule has 0 aromatic rings. The van der Waals surface area contributed by atoms with Crippen molar-refractivity contribution in [1.29, 1.82) is 0 Å². The van der Waals surface area contributed by atoms with Crippen LogP contribution in [0.5, 0.6) is 0 Å². The van der Waals surface area contributed by atoms with Gasteiger partial charge in [0.15, 0.2) is 0 Å². The van der Waals surface area contributed by atoms with Crippen LogP contribution in [0, 0.1) is 0 Å². The number of piperidine rings is 1. The molecule has 1 saturated heterocycles. The molecule has 1 heterocycles. The minimum absolute atomic E-state index is 0.0190. The molecular weight excluding hydrogens is 240 g/mol. The zero-order chi connectivity index (χ0) is 13.5. The number of imide groups is 1. The van der Waals surface area contributed by atoms with Gasteiger partial charge in [0, 0.05) is 0 Å². The topological polar surface area (TPSA) is 84.9 Å². The number of likely N-dealkylation sites (tertiary alicyclic amines) is 1. The molecule has 0 aromatic carbocycles. The van der Waals surface area contributed by atoms with Gasteiger partial charge < -0.3 is 9.47 Å². The first-order valence-corrected chi connectivity index (χ1v) is 5.78. The average molecular weight is 258 g/mol. The van der Waals surface area contributed by atoms with E-state index in [0.29, 0.717) is 13.0 Å². The molecule has 0 radical (unpaired) electrons. The van der Waals surface area contributed by atoms with Gasteiger partial charge in [-0.05, 0) is 19.4 Å². The van der Waals surface area contributed by atoms with Gasteiger partial charge in [0.25, 0.3) is 0 Å². The number of methoxy groups -OCH3 is 2. The van der Waals surface area contributed by atoms with Crippen LogP contribution in [0.2, 0.25) is 0 Å². The standard InChI is InChI=1S/C11H18N2O5/c1-17-10(15)8-5-3-4-6-13(8)7-9(14)12-11(16)18-2/h8H,3-7H2,1-2H3,(H,12,14,16). The van der Waals surface area contributed by atoms with E-state index in [4.69, 9.17) is 4.74 Å². The van der Waals surface area contributed by atoms with Crippen LogP contribution in [0.1, 0.15) is 19.3 Å². The summed E-state index contributed by atoms with van der Waals surface area (Å²) in [5, 5.41) is 2.06. The van der Waals surface area contributed by atoms with Crippen LogP contribution in [0.15, 0.2) is 0 Å². The summed E-state index contributed by atoms with van der Waals surface area (Å²) in [6.07, 6.45) is 1.71. The molecule has 18 heavy (non-hydrogen) atoms. The second kappa shape index (κ2) is 6.95. The summed E-state index contributed by atoms with van der Waals surface area (Å²) in [5.74, 6) is -0.835. The van der Waals surface area contributed by atoms with Crippen molar-refractivity contribution in [2.75, 3.05) is 27.3 Å². The first-order chi connectivity index (χ1) is 8.58. The Hall–Kier alpha value is -1.63. The molecule has 1 unspecified atom stereocenters. The number of carbonyl (C=O) groups is 3. The first-order valence-electron chi connectivity index (χ1n) is 5.78. The highest BCUT2D eigenvalue weighted by molar-refractivity contribution is 5.93. The summed E-state index contributed by atoms with van der Waals surface area (Å²) in [4.78, 5) is 35.7. The Morgan fingerprint density at radius 3 is 2.56 bits per heavy atom. The van der Waals surface area contributed by atoms with E-state index < -0.39 is 18.0 Å². The van der Waals surface area contributed by atoms with Crippen LogP contribution in [-0.2, 0) is 19.1 Å². The first kappa shape index (κ1) is 14.4. The lowest BCUT2D eigenvalue weighted by atomic mass is 10.0. The number of hydrogen-bond donors (Lipinski definition) is 1. The van der Waals surface area contributed by atoms with Crippen LogP contribution < -0.4 is 5.32 Å². The molecule has 0 spiro atoms. The maximum atomic E-state index is 11.5. The monoisotopic (exact) mass is 258 g/mol. The second-order valence-electron chi connectivity index (χ2n) is 4.04. The van der Waals surface area contributed by atoms with E-state index in [2.05, 4.69) is 10.1 Å². The highest BCUT2D eigenvalue weighted by atomic mass is 16.5. The number of hydrogen-bond acceptors (Lipinski definition) is 6. The maximum Gasteiger partial charge on any atom is 0.413 e. The number of rotatable bonds is 3. The zero-order valence-corrected chi connectivity index (χ0v) is 10.6. The van der Waals surface area contributed by atoms with Crippen LogP contribution in [0.25, 0.3) is 0 Å². The Balaban J connectivity index is 2.54. The third-order valence-electron chi connectivity index (χ3n) is 2.86. The van der Waals surface area contributed by atoms with Gasteiger partial charge in [-0.3, -0.25) is 19.8 Å². The van der Waals surface area contributed by atoms with Crippen LogP contribution in [-0.4, -0.2) is 56.2 Å². The van der Waals surface area contributed by atoms with E-state index in [1.165, 1.54) is 14.2 Å². The van der Waals surface area contributed by atoms with Gasteiger partial charge in [-0.2, -0.15) is 0 Å². The summed E-state index contributed by atoms with van der Waals surface area (Å²) in [7, 11) is 2.50. The van der Waals surface area contributed by atoms with Crippen LogP contribution >= 0.6 is 0 Å². The molecule has 0 bridgehead atoms. The molecule has 7 nitrogen and oxygen atoms in total. The van der Waals surface area contributed by atoms with Crippen molar-refractivity contribution in [3.63, 3.8) is 0 Å². The second-order valence-corrected chi connectivity index (χ2v) is 4.04. The largest absolute Gasteiger partial charge is 0.468 e. The summed E-state index contributed by atoms with van der Waals surface area (Å²) < 4.78 is 9.02. The fraction of sp³-hybridized carbons (Fsp3) is 0.727. The summed E-state index contributed by atoms with van der Waals surface area (Å²) >= 11 is 0. The van der Waals surface area contributed by atoms with Gasteiger partial charge in [0.2, 0.25) is 5.91 Å². The van der Waals surface area contributed by atoms with Crippen LogP contribution in [0.3, 0.4) is 0 Å². The quantitative estimate of drug-likeness (QED) is 0.711. The minimum Gasteiger partial charge on any atom is -0.468 e. The Labute approximate surface area is 105 Å². The summed E-state index contributed by atoms with van der Waals surface area (Å²) in [6, 6.07) is -0.410. The van der Waals surface area contributed by atoms with Gasteiger partial charge in [-0.15, -0.1) is 0 Å². The highest BCUT2D eigenvalue weighted by Gasteiger charge is 2.30. The van der Waals surface area contributed by atoms with Crippen molar-refractivity contribution in [3.8, 4) is 0 Å². The normalized spacial score (nSPS) is 20.0. The van der Waals surface area contributed by atoms with E-state index in [-0.39, 0.29) is 12.5 Å². The van der Waals surface area contributed by atoms with Crippen molar-refractivity contribution in [3.05, 3.63) is 0 Å². The maximum absolute atomic E-state index is 11.5. The molecule has 1 aliphatic rings. The molecule has 1 fully saturated rings. The molecule has 1 aliphatic heterocycles. The van der Waals surface area contributed by atoms with Crippen molar-refractivity contribution in [2.45, 2.75) is 25.3 Å². The highest BCUT2D eigenvalue weighted by Crippen LogP contribution is 2.17. The molecule has 2 amide bonds. The van der Waals surface area contributed by atoms with E-state index >= 15 is 0 Å². The van der Waals surface area contributed by atoms with E-state index in [1.807, 2.05) is 0 Å². The average Bonchev–Trinajstić information content (AvgIpc) is 2.38. The molecule has 1 atom stereocenters. The van der Waals surface area contributed by atoms with Crippen molar-refractivity contribution >= 4 is 18.0 Å². The number of esters is 1. The predicted octanol–water partition coefficient (Wildman–Crippen LogP) is -0.103. The van der Waals surface area contributed by atoms with Gasteiger partial charge in [-0.25, -0.2) is 4.79 Å². The van der Waals surface area contributed by atoms with Gasteiger partial charge in [0.1, 0.15) is 6.04 Å². The molecule has 0 aromatic heterocycles. The smallest absolute Gasteiger partial charge is 0.413 e.